The predicted molar refractivity (Wildman–Crippen MR) is 89.9 cm³/mol. The topological polar surface area (TPSA) is 34.9 Å². The molecule has 0 fully saturated rings. The molecule has 2 aromatic carbocycles. The number of ketones is 1. The summed E-state index contributed by atoms with van der Waals surface area (Å²) in [5.74, 6) is -1.14. The molecule has 0 aliphatic heterocycles. The summed E-state index contributed by atoms with van der Waals surface area (Å²) in [7, 11) is 0. The molecule has 0 bridgehead atoms. The first-order valence-corrected chi connectivity index (χ1v) is 7.86. The lowest BCUT2D eigenvalue weighted by Crippen LogP contribution is -2.22. The van der Waals surface area contributed by atoms with Crippen LogP contribution in [0.15, 0.2) is 42.5 Å². The lowest BCUT2D eigenvalue weighted by atomic mass is 10.1. The molecule has 1 aromatic heterocycles. The van der Waals surface area contributed by atoms with E-state index < -0.39 is 17.5 Å². The normalized spacial score (nSPS) is 11.9. The Morgan fingerprint density at radius 1 is 1.16 bits per heavy atom. The molecule has 0 unspecified atom stereocenters. The standard InChI is InChI=1S/C19H16F3N2O/c1-3-12-5-8-14(9-6-12)24-16-10-7-13(18(25)19(20,21)22)11-15(16)23-17(24)4-2/h5-11H,1,3-4H2,2H3. The summed E-state index contributed by atoms with van der Waals surface area (Å²) in [6.45, 7) is 5.76. The first-order chi connectivity index (χ1) is 11.8. The predicted octanol–water partition coefficient (Wildman–Crippen LogP) is 4.71. The Kier molecular flexibility index (Phi) is 4.37. The molecular weight excluding hydrogens is 329 g/mol. The van der Waals surface area contributed by atoms with Gasteiger partial charge in [-0.05, 0) is 49.2 Å². The van der Waals surface area contributed by atoms with Crippen molar-refractivity contribution < 1.29 is 18.0 Å². The van der Waals surface area contributed by atoms with Crippen molar-refractivity contribution in [3.63, 3.8) is 0 Å². The molecule has 0 amide bonds. The number of fused-ring (bicyclic) bond motifs is 1. The number of nitrogens with zero attached hydrogens (tertiary/aromatic N) is 2. The fourth-order valence-corrected chi connectivity index (χ4v) is 2.77. The molecule has 0 aliphatic carbocycles. The Morgan fingerprint density at radius 3 is 2.40 bits per heavy atom. The van der Waals surface area contributed by atoms with Gasteiger partial charge in [-0.2, -0.15) is 13.2 Å². The van der Waals surface area contributed by atoms with Gasteiger partial charge in [0.2, 0.25) is 0 Å². The van der Waals surface area contributed by atoms with Crippen LogP contribution in [0.1, 0.15) is 28.7 Å². The summed E-state index contributed by atoms with van der Waals surface area (Å²) in [4.78, 5) is 15.9. The molecule has 0 aliphatic rings. The van der Waals surface area contributed by atoms with Crippen LogP contribution >= 0.6 is 0 Å². The van der Waals surface area contributed by atoms with Gasteiger partial charge in [-0.3, -0.25) is 9.36 Å². The quantitative estimate of drug-likeness (QED) is 0.642. The maximum atomic E-state index is 12.6. The van der Waals surface area contributed by atoms with Crippen LogP contribution in [-0.4, -0.2) is 21.5 Å². The van der Waals surface area contributed by atoms with Crippen molar-refractivity contribution in [2.24, 2.45) is 0 Å². The van der Waals surface area contributed by atoms with Crippen LogP contribution in [-0.2, 0) is 12.8 Å². The van der Waals surface area contributed by atoms with E-state index in [0.29, 0.717) is 29.7 Å². The fraction of sp³-hybridized carbons (Fsp3) is 0.211. The van der Waals surface area contributed by atoms with Gasteiger partial charge in [0.1, 0.15) is 5.82 Å². The molecule has 0 saturated carbocycles. The van der Waals surface area contributed by atoms with Crippen LogP contribution < -0.4 is 0 Å². The van der Waals surface area contributed by atoms with E-state index in [1.807, 2.05) is 35.8 Å². The third kappa shape index (κ3) is 3.16. The van der Waals surface area contributed by atoms with Crippen molar-refractivity contribution >= 4 is 16.8 Å². The van der Waals surface area contributed by atoms with Gasteiger partial charge in [-0.25, -0.2) is 4.98 Å². The third-order valence-electron chi connectivity index (χ3n) is 4.04. The van der Waals surface area contributed by atoms with E-state index in [9.17, 15) is 18.0 Å². The zero-order valence-electron chi connectivity index (χ0n) is 13.6. The third-order valence-corrected chi connectivity index (χ3v) is 4.04. The second-order valence-electron chi connectivity index (χ2n) is 5.66. The van der Waals surface area contributed by atoms with E-state index in [0.717, 1.165) is 11.3 Å². The van der Waals surface area contributed by atoms with Gasteiger partial charge in [0.15, 0.2) is 0 Å². The fourth-order valence-electron chi connectivity index (χ4n) is 2.77. The first-order valence-electron chi connectivity index (χ1n) is 7.86. The van der Waals surface area contributed by atoms with Gasteiger partial charge in [-0.1, -0.05) is 19.1 Å². The highest BCUT2D eigenvalue weighted by molar-refractivity contribution is 6.02. The number of Topliss-reactive ketones (excluding diaryl/α,β-unsaturated/α-hetero) is 1. The van der Waals surface area contributed by atoms with Crippen molar-refractivity contribution in [3.8, 4) is 5.69 Å². The molecule has 3 nitrogen and oxygen atoms in total. The molecule has 0 N–H and O–H groups in total. The number of halogens is 3. The lowest BCUT2D eigenvalue weighted by molar-refractivity contribution is -0.0885. The van der Waals surface area contributed by atoms with Crippen LogP contribution in [0.2, 0.25) is 0 Å². The SMILES string of the molecule is [CH2]Cc1ccc(-n2c(CC)nc3cc(C(=O)C(F)(F)F)ccc32)cc1. The second kappa shape index (κ2) is 6.35. The Labute approximate surface area is 143 Å². The first kappa shape index (κ1) is 17.2. The van der Waals surface area contributed by atoms with E-state index in [1.165, 1.54) is 18.2 Å². The zero-order valence-corrected chi connectivity index (χ0v) is 13.6. The monoisotopic (exact) mass is 345 g/mol. The minimum Gasteiger partial charge on any atom is -0.296 e. The molecule has 129 valence electrons. The van der Waals surface area contributed by atoms with Crippen molar-refractivity contribution in [1.82, 2.24) is 9.55 Å². The van der Waals surface area contributed by atoms with E-state index in [-0.39, 0.29) is 0 Å². The summed E-state index contributed by atoms with van der Waals surface area (Å²) in [5.41, 5.74) is 2.58. The number of hydrogen-bond acceptors (Lipinski definition) is 2. The van der Waals surface area contributed by atoms with E-state index in [2.05, 4.69) is 11.9 Å². The average Bonchev–Trinajstić information content (AvgIpc) is 2.98. The number of aryl methyl sites for hydroxylation is 1. The van der Waals surface area contributed by atoms with Crippen molar-refractivity contribution in [2.75, 3.05) is 0 Å². The molecule has 1 heterocycles. The summed E-state index contributed by atoms with van der Waals surface area (Å²) in [5, 5.41) is 0. The highest BCUT2D eigenvalue weighted by Crippen LogP contribution is 2.27. The number of imidazole rings is 1. The summed E-state index contributed by atoms with van der Waals surface area (Å²) in [6, 6.07) is 11.7. The molecule has 1 radical (unpaired) electrons. The van der Waals surface area contributed by atoms with Gasteiger partial charge in [0.25, 0.3) is 5.78 Å². The summed E-state index contributed by atoms with van der Waals surface area (Å²) < 4.78 is 39.8. The number of benzene rings is 2. The van der Waals surface area contributed by atoms with Crippen LogP contribution in [0.5, 0.6) is 0 Å². The molecule has 0 spiro atoms. The molecule has 0 saturated heterocycles. The zero-order chi connectivity index (χ0) is 18.2. The van der Waals surface area contributed by atoms with Crippen LogP contribution in [0.25, 0.3) is 16.7 Å². The van der Waals surface area contributed by atoms with E-state index in [1.54, 1.807) is 0 Å². The average molecular weight is 345 g/mol. The van der Waals surface area contributed by atoms with Crippen LogP contribution in [0.3, 0.4) is 0 Å². The molecule has 3 aromatic rings. The Morgan fingerprint density at radius 2 is 1.84 bits per heavy atom. The smallest absolute Gasteiger partial charge is 0.296 e. The number of carbonyl (C=O) groups is 1. The molecular formula is C19H16F3N2O. The number of rotatable bonds is 4. The van der Waals surface area contributed by atoms with Gasteiger partial charge in [-0.15, -0.1) is 0 Å². The van der Waals surface area contributed by atoms with Crippen molar-refractivity contribution in [2.45, 2.75) is 25.9 Å². The van der Waals surface area contributed by atoms with Crippen molar-refractivity contribution in [3.05, 3.63) is 66.3 Å². The number of aromatic nitrogens is 2. The minimum absolute atomic E-state index is 0.369. The Bertz CT molecular complexity index is 924. The van der Waals surface area contributed by atoms with Crippen LogP contribution in [0.4, 0.5) is 13.2 Å². The lowest BCUT2D eigenvalue weighted by Gasteiger charge is -2.09. The highest BCUT2D eigenvalue weighted by Gasteiger charge is 2.39. The number of alkyl halides is 3. The maximum Gasteiger partial charge on any atom is 0.454 e. The second-order valence-corrected chi connectivity index (χ2v) is 5.66. The Hall–Kier alpha value is -2.63. The number of hydrogen-bond donors (Lipinski definition) is 0. The molecule has 0 atom stereocenters. The molecule has 3 rings (SSSR count). The summed E-state index contributed by atoms with van der Waals surface area (Å²) in [6.07, 6.45) is -3.61. The highest BCUT2D eigenvalue weighted by atomic mass is 19.4. The van der Waals surface area contributed by atoms with Gasteiger partial charge >= 0.3 is 6.18 Å². The van der Waals surface area contributed by atoms with Gasteiger partial charge in [0, 0.05) is 17.7 Å². The molecule has 6 heteroatoms. The van der Waals surface area contributed by atoms with Gasteiger partial charge in [0.05, 0.1) is 11.0 Å². The maximum absolute atomic E-state index is 12.6. The van der Waals surface area contributed by atoms with E-state index in [4.69, 9.17) is 0 Å². The van der Waals surface area contributed by atoms with Crippen LogP contribution in [0, 0.1) is 6.92 Å². The number of carbonyl (C=O) groups excluding carboxylic acids is 1. The van der Waals surface area contributed by atoms with Crippen molar-refractivity contribution in [1.29, 1.82) is 0 Å². The van der Waals surface area contributed by atoms with Gasteiger partial charge < -0.3 is 0 Å². The van der Waals surface area contributed by atoms with E-state index >= 15 is 0 Å². The molecule has 25 heavy (non-hydrogen) atoms. The summed E-state index contributed by atoms with van der Waals surface area (Å²) >= 11 is 0. The Balaban J connectivity index is 2.14. The largest absolute Gasteiger partial charge is 0.454 e. The minimum atomic E-state index is -4.89.